The highest BCUT2D eigenvalue weighted by atomic mass is 32.2. The third kappa shape index (κ3) is 5.41. The maximum absolute atomic E-state index is 13.7. The van der Waals surface area contributed by atoms with Crippen LogP contribution in [0.1, 0.15) is 15.9 Å². The maximum atomic E-state index is 13.7. The van der Waals surface area contributed by atoms with Crippen molar-refractivity contribution < 1.29 is 22.7 Å². The van der Waals surface area contributed by atoms with E-state index in [9.17, 15) is 18.0 Å². The Morgan fingerprint density at radius 3 is 2.44 bits per heavy atom. The molecule has 1 aromatic heterocycles. The van der Waals surface area contributed by atoms with E-state index in [1.54, 1.807) is 36.5 Å². The normalized spacial score (nSPS) is 14.3. The van der Waals surface area contributed by atoms with Gasteiger partial charge in [0.2, 0.25) is 0 Å². The van der Waals surface area contributed by atoms with Crippen LogP contribution in [-0.2, 0) is 10.9 Å². The first-order valence-corrected chi connectivity index (χ1v) is 10.8. The first kappa shape index (κ1) is 22.2. The van der Waals surface area contributed by atoms with Gasteiger partial charge in [-0.25, -0.2) is 4.98 Å². The average molecular weight is 459 g/mol. The first-order chi connectivity index (χ1) is 15.4. The molecule has 0 spiro atoms. The van der Waals surface area contributed by atoms with Gasteiger partial charge in [0.15, 0.2) is 0 Å². The van der Waals surface area contributed by atoms with Crippen molar-refractivity contribution in [3.05, 3.63) is 78.0 Å². The number of hydrogen-bond donors (Lipinski definition) is 1. The number of amides is 1. The standard InChI is InChI=1S/C23H20F3N3O2S/c24-23(25,26)19-15-17(29-11-13-31-14-12-29)6-9-20(19)28-22(30)16-4-7-18(8-5-16)32-21-3-1-2-10-27-21/h1-10,15H,11-14H2,(H,28,30). The molecule has 2 aromatic carbocycles. The minimum atomic E-state index is -4.60. The van der Waals surface area contributed by atoms with Crippen molar-refractivity contribution in [3.8, 4) is 0 Å². The molecule has 1 aliphatic rings. The van der Waals surface area contributed by atoms with Crippen LogP contribution in [0, 0.1) is 0 Å². The summed E-state index contributed by atoms with van der Waals surface area (Å²) in [5.41, 5.74) is -0.432. The zero-order valence-electron chi connectivity index (χ0n) is 16.9. The molecule has 2 heterocycles. The van der Waals surface area contributed by atoms with Crippen LogP contribution in [-0.4, -0.2) is 37.2 Å². The summed E-state index contributed by atoms with van der Waals surface area (Å²) in [5.74, 6) is -0.607. The smallest absolute Gasteiger partial charge is 0.378 e. The van der Waals surface area contributed by atoms with Gasteiger partial charge in [-0.2, -0.15) is 13.2 Å². The molecule has 9 heteroatoms. The highest BCUT2D eigenvalue weighted by Gasteiger charge is 2.35. The molecular weight excluding hydrogens is 439 g/mol. The number of hydrogen-bond acceptors (Lipinski definition) is 5. The molecule has 5 nitrogen and oxygen atoms in total. The zero-order valence-corrected chi connectivity index (χ0v) is 17.7. The third-order valence-electron chi connectivity index (χ3n) is 4.91. The Labute approximate surface area is 187 Å². The number of aromatic nitrogens is 1. The largest absolute Gasteiger partial charge is 0.418 e. The summed E-state index contributed by atoms with van der Waals surface area (Å²) in [6, 6.07) is 16.2. The van der Waals surface area contributed by atoms with Crippen molar-refractivity contribution in [1.82, 2.24) is 4.98 Å². The summed E-state index contributed by atoms with van der Waals surface area (Å²) >= 11 is 1.43. The minimum absolute atomic E-state index is 0.265. The molecule has 1 fully saturated rings. The quantitative estimate of drug-likeness (QED) is 0.558. The molecular formula is C23H20F3N3O2S. The first-order valence-electron chi connectivity index (χ1n) is 9.94. The van der Waals surface area contributed by atoms with Crippen LogP contribution in [0.15, 0.2) is 76.8 Å². The lowest BCUT2D eigenvalue weighted by atomic mass is 10.1. The molecule has 0 aliphatic carbocycles. The molecule has 0 bridgehead atoms. The van der Waals surface area contributed by atoms with Gasteiger partial charge < -0.3 is 15.0 Å². The second-order valence-electron chi connectivity index (χ2n) is 7.08. The van der Waals surface area contributed by atoms with Crippen molar-refractivity contribution >= 4 is 29.0 Å². The lowest BCUT2D eigenvalue weighted by Gasteiger charge is -2.29. The summed E-state index contributed by atoms with van der Waals surface area (Å²) in [5, 5.41) is 3.22. The number of halogens is 3. The summed E-state index contributed by atoms with van der Waals surface area (Å²) < 4.78 is 46.4. The van der Waals surface area contributed by atoms with E-state index in [1.165, 1.54) is 17.8 Å². The number of morpholine rings is 1. The van der Waals surface area contributed by atoms with Crippen LogP contribution in [0.5, 0.6) is 0 Å². The second kappa shape index (κ2) is 9.62. The van der Waals surface area contributed by atoms with Gasteiger partial charge in [0.25, 0.3) is 5.91 Å². The van der Waals surface area contributed by atoms with Gasteiger partial charge in [0, 0.05) is 35.4 Å². The van der Waals surface area contributed by atoms with Crippen molar-refractivity contribution in [2.24, 2.45) is 0 Å². The highest BCUT2D eigenvalue weighted by Crippen LogP contribution is 2.38. The minimum Gasteiger partial charge on any atom is -0.378 e. The molecule has 3 aromatic rings. The van der Waals surface area contributed by atoms with Crippen molar-refractivity contribution in [2.45, 2.75) is 16.1 Å². The second-order valence-corrected chi connectivity index (χ2v) is 8.17. The van der Waals surface area contributed by atoms with Gasteiger partial charge in [0.1, 0.15) is 5.03 Å². The number of nitrogens with zero attached hydrogens (tertiary/aromatic N) is 2. The molecule has 32 heavy (non-hydrogen) atoms. The van der Waals surface area contributed by atoms with Crippen LogP contribution < -0.4 is 10.2 Å². The number of carbonyl (C=O) groups is 1. The van der Waals surface area contributed by atoms with E-state index < -0.39 is 17.6 Å². The Balaban J connectivity index is 1.50. The summed E-state index contributed by atoms with van der Waals surface area (Å²) in [6.07, 6.45) is -2.92. The molecule has 1 saturated heterocycles. The van der Waals surface area contributed by atoms with Crippen LogP contribution in [0.2, 0.25) is 0 Å². The van der Waals surface area contributed by atoms with E-state index in [0.717, 1.165) is 16.0 Å². The fourth-order valence-corrected chi connectivity index (χ4v) is 4.06. The monoisotopic (exact) mass is 459 g/mol. The summed E-state index contributed by atoms with van der Waals surface area (Å²) in [6.45, 7) is 1.97. The van der Waals surface area contributed by atoms with Crippen LogP contribution in [0.3, 0.4) is 0 Å². The zero-order chi connectivity index (χ0) is 22.6. The van der Waals surface area contributed by atoms with E-state index in [0.29, 0.717) is 32.0 Å². The molecule has 1 amide bonds. The molecule has 0 saturated carbocycles. The third-order valence-corrected chi connectivity index (χ3v) is 5.87. The lowest BCUT2D eigenvalue weighted by molar-refractivity contribution is -0.136. The van der Waals surface area contributed by atoms with Gasteiger partial charge in [-0.05, 0) is 54.6 Å². The lowest BCUT2D eigenvalue weighted by Crippen LogP contribution is -2.36. The number of nitrogens with one attached hydrogen (secondary N) is 1. The SMILES string of the molecule is O=C(Nc1ccc(N2CCOCC2)cc1C(F)(F)F)c1ccc(Sc2ccccn2)cc1. The summed E-state index contributed by atoms with van der Waals surface area (Å²) in [4.78, 5) is 19.6. The Kier molecular flexibility index (Phi) is 6.66. The topological polar surface area (TPSA) is 54.5 Å². The number of carbonyl (C=O) groups excluding carboxylic acids is 1. The van der Waals surface area contributed by atoms with Crippen molar-refractivity contribution in [2.75, 3.05) is 36.5 Å². The molecule has 4 rings (SSSR count). The molecule has 0 atom stereocenters. The number of pyridine rings is 1. The number of benzene rings is 2. The highest BCUT2D eigenvalue weighted by molar-refractivity contribution is 7.99. The molecule has 166 valence electrons. The molecule has 0 unspecified atom stereocenters. The fourth-order valence-electron chi connectivity index (χ4n) is 3.29. The number of rotatable bonds is 5. The molecule has 1 N–H and O–H groups in total. The van der Waals surface area contributed by atoms with Crippen LogP contribution in [0.25, 0.3) is 0 Å². The maximum Gasteiger partial charge on any atom is 0.418 e. The van der Waals surface area contributed by atoms with Gasteiger partial charge in [-0.15, -0.1) is 0 Å². The predicted molar refractivity (Wildman–Crippen MR) is 117 cm³/mol. The van der Waals surface area contributed by atoms with Crippen LogP contribution >= 0.6 is 11.8 Å². The number of anilines is 2. The van der Waals surface area contributed by atoms with Gasteiger partial charge in [-0.1, -0.05) is 17.8 Å². The van der Waals surface area contributed by atoms with E-state index in [4.69, 9.17) is 4.74 Å². The van der Waals surface area contributed by atoms with Crippen molar-refractivity contribution in [3.63, 3.8) is 0 Å². The van der Waals surface area contributed by atoms with E-state index in [1.807, 2.05) is 23.1 Å². The van der Waals surface area contributed by atoms with E-state index >= 15 is 0 Å². The number of alkyl halides is 3. The van der Waals surface area contributed by atoms with E-state index in [-0.39, 0.29) is 11.3 Å². The summed E-state index contributed by atoms with van der Waals surface area (Å²) in [7, 11) is 0. The van der Waals surface area contributed by atoms with Gasteiger partial charge in [0.05, 0.1) is 24.5 Å². The Bertz CT molecular complexity index is 1070. The van der Waals surface area contributed by atoms with Crippen molar-refractivity contribution in [1.29, 1.82) is 0 Å². The fraction of sp³-hybridized carbons (Fsp3) is 0.217. The Morgan fingerprint density at radius 1 is 1.03 bits per heavy atom. The van der Waals surface area contributed by atoms with Gasteiger partial charge >= 0.3 is 6.18 Å². The Hall–Kier alpha value is -3.04. The predicted octanol–water partition coefficient (Wildman–Crippen LogP) is 5.34. The molecule has 1 aliphatic heterocycles. The molecule has 0 radical (unpaired) electrons. The van der Waals surface area contributed by atoms with Crippen LogP contribution in [0.4, 0.5) is 24.5 Å². The Morgan fingerprint density at radius 2 is 1.78 bits per heavy atom. The van der Waals surface area contributed by atoms with E-state index in [2.05, 4.69) is 10.3 Å². The number of ether oxygens (including phenoxy) is 1. The average Bonchev–Trinajstić information content (AvgIpc) is 2.80. The van der Waals surface area contributed by atoms with Gasteiger partial charge in [-0.3, -0.25) is 4.79 Å².